The Balaban J connectivity index is 2.18. The zero-order chi connectivity index (χ0) is 13.1. The Hall–Kier alpha value is -1.75. The Morgan fingerprint density at radius 3 is 2.83 bits per heavy atom. The van der Waals surface area contributed by atoms with Crippen LogP contribution >= 0.6 is 11.6 Å². The number of hydrogen-bond donors (Lipinski definition) is 1. The highest BCUT2D eigenvalue weighted by Gasteiger charge is 2.20. The Labute approximate surface area is 110 Å². The van der Waals surface area contributed by atoms with Crippen LogP contribution < -0.4 is 5.32 Å². The number of hydrogen-bond acceptors (Lipinski definition) is 4. The minimum atomic E-state index is -0.494. The predicted molar refractivity (Wildman–Crippen MR) is 69.6 cm³/mol. The zero-order valence-corrected chi connectivity index (χ0v) is 10.7. The van der Waals surface area contributed by atoms with Crippen molar-refractivity contribution in [1.82, 2.24) is 0 Å². The van der Waals surface area contributed by atoms with Crippen molar-refractivity contribution in [3.05, 3.63) is 44.8 Å². The topological polar surface area (TPSA) is 64.4 Å². The molecule has 0 amide bonds. The van der Waals surface area contributed by atoms with E-state index in [9.17, 15) is 10.1 Å². The van der Waals surface area contributed by atoms with Crippen LogP contribution in [0.15, 0.2) is 29.7 Å². The summed E-state index contributed by atoms with van der Waals surface area (Å²) in [5, 5.41) is 14.0. The first-order valence-electron chi connectivity index (χ1n) is 5.67. The fourth-order valence-corrected chi connectivity index (χ4v) is 1.91. The summed E-state index contributed by atoms with van der Waals surface area (Å²) in [6.07, 6.45) is 1.80. The number of nitrogens with one attached hydrogen (secondary N) is 1. The molecule has 1 aliphatic carbocycles. The van der Waals surface area contributed by atoms with Crippen molar-refractivity contribution in [2.24, 2.45) is 0 Å². The number of benzene rings is 1. The van der Waals surface area contributed by atoms with Gasteiger partial charge >= 0.3 is 0 Å². The standard InChI is InChI=1S/C12H13ClN2O3/c1-2-18-12-6-5-10(12)14-8-3-4-9(13)11(7-8)15(16)17/h3-4,7,14H,2,5-6H2,1H3. The molecule has 0 saturated heterocycles. The second-order valence-corrected chi connectivity index (χ2v) is 4.29. The molecule has 6 heteroatoms. The van der Waals surface area contributed by atoms with Gasteiger partial charge in [0.05, 0.1) is 17.2 Å². The maximum atomic E-state index is 10.8. The first-order valence-corrected chi connectivity index (χ1v) is 6.05. The van der Waals surface area contributed by atoms with E-state index in [1.54, 1.807) is 6.07 Å². The molecule has 0 spiro atoms. The van der Waals surface area contributed by atoms with Gasteiger partial charge in [-0.1, -0.05) is 11.6 Å². The molecule has 1 aliphatic rings. The molecule has 1 aromatic rings. The van der Waals surface area contributed by atoms with Gasteiger partial charge < -0.3 is 10.1 Å². The molecular weight excluding hydrogens is 256 g/mol. The Morgan fingerprint density at radius 2 is 2.28 bits per heavy atom. The number of allylic oxidation sites excluding steroid dienone is 2. The lowest BCUT2D eigenvalue weighted by Gasteiger charge is -2.24. The largest absolute Gasteiger partial charge is 0.496 e. The van der Waals surface area contributed by atoms with E-state index in [2.05, 4.69) is 5.32 Å². The SMILES string of the molecule is CCOC1=C(Nc2ccc(Cl)c([N+](=O)[O-])c2)CC1. The Bertz CT molecular complexity index is 514. The smallest absolute Gasteiger partial charge is 0.289 e. The summed E-state index contributed by atoms with van der Waals surface area (Å²) < 4.78 is 5.42. The van der Waals surface area contributed by atoms with E-state index in [1.807, 2.05) is 6.92 Å². The molecule has 0 aliphatic heterocycles. The van der Waals surface area contributed by atoms with Gasteiger partial charge in [-0.2, -0.15) is 0 Å². The molecular formula is C12H13ClN2O3. The van der Waals surface area contributed by atoms with Crippen molar-refractivity contribution in [3.63, 3.8) is 0 Å². The lowest BCUT2D eigenvalue weighted by atomic mass is 10.0. The molecule has 0 saturated carbocycles. The van der Waals surface area contributed by atoms with Crippen LogP contribution in [0, 0.1) is 10.1 Å². The normalized spacial score (nSPS) is 14.1. The van der Waals surface area contributed by atoms with Crippen LogP contribution in [0.1, 0.15) is 19.8 Å². The van der Waals surface area contributed by atoms with Crippen LogP contribution in [0.4, 0.5) is 11.4 Å². The third kappa shape index (κ3) is 2.56. The van der Waals surface area contributed by atoms with E-state index in [0.29, 0.717) is 12.3 Å². The van der Waals surface area contributed by atoms with E-state index in [4.69, 9.17) is 16.3 Å². The van der Waals surface area contributed by atoms with Crippen LogP contribution in [0.5, 0.6) is 0 Å². The number of anilines is 1. The van der Waals surface area contributed by atoms with Gasteiger partial charge in [0.2, 0.25) is 0 Å². The first-order chi connectivity index (χ1) is 8.61. The summed E-state index contributed by atoms with van der Waals surface area (Å²) in [7, 11) is 0. The third-order valence-corrected chi connectivity index (χ3v) is 3.01. The summed E-state index contributed by atoms with van der Waals surface area (Å²) in [5.41, 5.74) is 1.53. The molecule has 0 aromatic heterocycles. The molecule has 0 fully saturated rings. The van der Waals surface area contributed by atoms with Gasteiger partial charge in [0.1, 0.15) is 10.8 Å². The average molecular weight is 269 g/mol. The van der Waals surface area contributed by atoms with Crippen molar-refractivity contribution in [2.45, 2.75) is 19.8 Å². The van der Waals surface area contributed by atoms with E-state index >= 15 is 0 Å². The van der Waals surface area contributed by atoms with Crippen LogP contribution in [0.25, 0.3) is 0 Å². The van der Waals surface area contributed by atoms with Crippen molar-refractivity contribution in [3.8, 4) is 0 Å². The van der Waals surface area contributed by atoms with E-state index < -0.39 is 4.92 Å². The number of ether oxygens (including phenoxy) is 1. The summed E-state index contributed by atoms with van der Waals surface area (Å²) >= 11 is 5.75. The number of nitrogens with zero attached hydrogens (tertiary/aromatic N) is 1. The molecule has 2 rings (SSSR count). The highest BCUT2D eigenvalue weighted by atomic mass is 35.5. The molecule has 0 radical (unpaired) electrons. The van der Waals surface area contributed by atoms with Crippen molar-refractivity contribution in [1.29, 1.82) is 0 Å². The van der Waals surface area contributed by atoms with Gasteiger partial charge in [-0.05, 0) is 25.5 Å². The number of rotatable bonds is 5. The second-order valence-electron chi connectivity index (χ2n) is 3.88. The molecule has 0 unspecified atom stereocenters. The first kappa shape index (κ1) is 12.7. The van der Waals surface area contributed by atoms with Gasteiger partial charge in [-0.3, -0.25) is 10.1 Å². The molecule has 96 valence electrons. The van der Waals surface area contributed by atoms with E-state index in [0.717, 1.165) is 24.3 Å². The average Bonchev–Trinajstić information content (AvgIpc) is 2.33. The van der Waals surface area contributed by atoms with Gasteiger partial charge in [0, 0.05) is 18.2 Å². The summed E-state index contributed by atoms with van der Waals surface area (Å²) in [6.45, 7) is 2.55. The van der Waals surface area contributed by atoms with Gasteiger partial charge in [-0.25, -0.2) is 0 Å². The number of halogens is 1. The number of nitro groups is 1. The molecule has 1 N–H and O–H groups in total. The maximum Gasteiger partial charge on any atom is 0.289 e. The molecule has 18 heavy (non-hydrogen) atoms. The third-order valence-electron chi connectivity index (χ3n) is 2.70. The van der Waals surface area contributed by atoms with Gasteiger partial charge in [0.15, 0.2) is 0 Å². The molecule has 1 aromatic carbocycles. The van der Waals surface area contributed by atoms with Crippen LogP contribution in [-0.2, 0) is 4.74 Å². The minimum Gasteiger partial charge on any atom is -0.496 e. The molecule has 5 nitrogen and oxygen atoms in total. The van der Waals surface area contributed by atoms with Crippen molar-refractivity contribution < 1.29 is 9.66 Å². The van der Waals surface area contributed by atoms with E-state index in [1.165, 1.54) is 12.1 Å². The molecule has 0 bridgehead atoms. The second kappa shape index (κ2) is 5.27. The highest BCUT2D eigenvalue weighted by molar-refractivity contribution is 6.32. The van der Waals surface area contributed by atoms with Crippen LogP contribution in [0.2, 0.25) is 5.02 Å². The van der Waals surface area contributed by atoms with Crippen molar-refractivity contribution >= 4 is 23.0 Å². The van der Waals surface area contributed by atoms with Crippen LogP contribution in [0.3, 0.4) is 0 Å². The lowest BCUT2D eigenvalue weighted by Crippen LogP contribution is -2.14. The van der Waals surface area contributed by atoms with Crippen LogP contribution in [-0.4, -0.2) is 11.5 Å². The van der Waals surface area contributed by atoms with Gasteiger partial charge in [-0.15, -0.1) is 0 Å². The lowest BCUT2D eigenvalue weighted by molar-refractivity contribution is -0.384. The molecule has 0 heterocycles. The Kier molecular flexibility index (Phi) is 3.72. The maximum absolute atomic E-state index is 10.8. The highest BCUT2D eigenvalue weighted by Crippen LogP contribution is 2.32. The zero-order valence-electron chi connectivity index (χ0n) is 9.90. The van der Waals surface area contributed by atoms with Gasteiger partial charge in [0.25, 0.3) is 5.69 Å². The Morgan fingerprint density at radius 1 is 1.50 bits per heavy atom. The summed E-state index contributed by atoms with van der Waals surface area (Å²) in [6, 6.07) is 4.66. The van der Waals surface area contributed by atoms with Crippen molar-refractivity contribution in [2.75, 3.05) is 11.9 Å². The fourth-order valence-electron chi connectivity index (χ4n) is 1.72. The minimum absolute atomic E-state index is 0.0976. The van der Waals surface area contributed by atoms with E-state index in [-0.39, 0.29) is 10.7 Å². The fraction of sp³-hybridized carbons (Fsp3) is 0.333. The summed E-state index contributed by atoms with van der Waals surface area (Å²) in [4.78, 5) is 10.3. The quantitative estimate of drug-likeness (QED) is 0.653. The summed E-state index contributed by atoms with van der Waals surface area (Å²) in [5.74, 6) is 0.926. The predicted octanol–water partition coefficient (Wildman–Crippen LogP) is 3.70. The molecule has 0 atom stereocenters. The monoisotopic (exact) mass is 268 g/mol. The number of nitro benzene ring substituents is 1.